The maximum Gasteiger partial charge on any atom is 0.274 e. The lowest BCUT2D eigenvalue weighted by atomic mass is 10.2. The van der Waals surface area contributed by atoms with E-state index in [1.54, 1.807) is 4.90 Å². The van der Waals surface area contributed by atoms with Crippen molar-refractivity contribution >= 4 is 11.7 Å². The van der Waals surface area contributed by atoms with Crippen LogP contribution in [-0.2, 0) is 0 Å². The smallest absolute Gasteiger partial charge is 0.274 e. The van der Waals surface area contributed by atoms with Gasteiger partial charge in [0, 0.05) is 25.7 Å². The molecule has 1 aliphatic rings. The lowest BCUT2D eigenvalue weighted by Crippen LogP contribution is -2.52. The lowest BCUT2D eigenvalue weighted by Gasteiger charge is -2.37. The highest BCUT2D eigenvalue weighted by atomic mass is 16.2. The number of nitrogens with two attached hydrogens (primary N) is 1. The van der Waals surface area contributed by atoms with Gasteiger partial charge in [-0.2, -0.15) is 0 Å². The van der Waals surface area contributed by atoms with Gasteiger partial charge in [-0.05, 0) is 14.0 Å². The van der Waals surface area contributed by atoms with Crippen molar-refractivity contribution in [2.24, 2.45) is 0 Å². The first-order valence-corrected chi connectivity index (χ1v) is 5.65. The van der Waals surface area contributed by atoms with Gasteiger partial charge >= 0.3 is 0 Å². The molecule has 92 valence electrons. The molecule has 1 fully saturated rings. The van der Waals surface area contributed by atoms with Crippen molar-refractivity contribution in [3.8, 4) is 0 Å². The van der Waals surface area contributed by atoms with E-state index in [0.717, 1.165) is 13.1 Å². The van der Waals surface area contributed by atoms with Gasteiger partial charge in [0.05, 0.1) is 12.4 Å². The van der Waals surface area contributed by atoms with Crippen LogP contribution in [0.25, 0.3) is 0 Å². The Kier molecular flexibility index (Phi) is 3.23. The van der Waals surface area contributed by atoms with Crippen LogP contribution in [-0.4, -0.2) is 58.4 Å². The summed E-state index contributed by atoms with van der Waals surface area (Å²) in [7, 11) is 2.06. The molecule has 1 atom stereocenters. The summed E-state index contributed by atoms with van der Waals surface area (Å²) in [5.41, 5.74) is 5.84. The van der Waals surface area contributed by atoms with Crippen LogP contribution >= 0.6 is 0 Å². The minimum Gasteiger partial charge on any atom is -0.382 e. The van der Waals surface area contributed by atoms with Crippen molar-refractivity contribution < 1.29 is 4.79 Å². The zero-order valence-corrected chi connectivity index (χ0v) is 10.1. The Bertz CT molecular complexity index is 422. The molecule has 1 saturated heterocycles. The Labute approximate surface area is 100 Å². The van der Waals surface area contributed by atoms with Crippen LogP contribution in [0.15, 0.2) is 12.4 Å². The minimum atomic E-state index is -0.0928. The number of carbonyl (C=O) groups excluding carboxylic acids is 1. The van der Waals surface area contributed by atoms with Crippen molar-refractivity contribution in [1.82, 2.24) is 19.8 Å². The van der Waals surface area contributed by atoms with Gasteiger partial charge in [-0.3, -0.25) is 9.78 Å². The molecular weight excluding hydrogens is 218 g/mol. The van der Waals surface area contributed by atoms with Gasteiger partial charge in [-0.15, -0.1) is 0 Å². The van der Waals surface area contributed by atoms with Crippen LogP contribution in [0.5, 0.6) is 0 Å². The molecule has 2 N–H and O–H groups in total. The molecule has 2 rings (SSSR count). The standard InChI is InChI=1S/C11H17N5O/c1-8-7-16(4-3-15(8)2)11(17)9-5-13-6-10(12)14-9/h5-6,8H,3-4,7H2,1-2H3,(H2,12,14). The Morgan fingerprint density at radius 3 is 2.88 bits per heavy atom. The van der Waals surface area contributed by atoms with Crippen molar-refractivity contribution in [2.45, 2.75) is 13.0 Å². The van der Waals surface area contributed by atoms with Gasteiger partial charge < -0.3 is 15.5 Å². The van der Waals surface area contributed by atoms with Gasteiger partial charge in [0.15, 0.2) is 0 Å². The van der Waals surface area contributed by atoms with E-state index in [1.807, 2.05) is 0 Å². The number of aromatic nitrogens is 2. The zero-order valence-electron chi connectivity index (χ0n) is 10.1. The first-order chi connectivity index (χ1) is 8.08. The van der Waals surface area contributed by atoms with E-state index in [-0.39, 0.29) is 11.7 Å². The number of nitrogens with zero attached hydrogens (tertiary/aromatic N) is 4. The molecule has 0 radical (unpaired) electrons. The van der Waals surface area contributed by atoms with E-state index in [1.165, 1.54) is 12.4 Å². The second-order valence-electron chi connectivity index (χ2n) is 4.41. The summed E-state index contributed by atoms with van der Waals surface area (Å²) in [5, 5.41) is 0. The molecule has 0 spiro atoms. The zero-order chi connectivity index (χ0) is 12.4. The highest BCUT2D eigenvalue weighted by Crippen LogP contribution is 2.10. The van der Waals surface area contributed by atoms with Crippen LogP contribution in [0.3, 0.4) is 0 Å². The maximum atomic E-state index is 12.2. The number of carbonyl (C=O) groups is 1. The summed E-state index contributed by atoms with van der Waals surface area (Å²) in [5.74, 6) is 0.183. The molecule has 6 nitrogen and oxygen atoms in total. The van der Waals surface area contributed by atoms with Crippen molar-refractivity contribution in [3.05, 3.63) is 18.1 Å². The van der Waals surface area contributed by atoms with Gasteiger partial charge in [-0.1, -0.05) is 0 Å². The normalized spacial score (nSPS) is 21.5. The number of nitrogen functional groups attached to an aromatic ring is 1. The molecule has 6 heteroatoms. The van der Waals surface area contributed by atoms with E-state index < -0.39 is 0 Å². The van der Waals surface area contributed by atoms with Gasteiger partial charge in [0.25, 0.3) is 5.91 Å². The number of anilines is 1. The summed E-state index contributed by atoms with van der Waals surface area (Å²) in [6.07, 6.45) is 2.89. The third-order valence-electron chi connectivity index (χ3n) is 3.12. The third-order valence-corrected chi connectivity index (χ3v) is 3.12. The fourth-order valence-corrected chi connectivity index (χ4v) is 1.88. The Hall–Kier alpha value is -1.69. The fourth-order valence-electron chi connectivity index (χ4n) is 1.88. The fraction of sp³-hybridized carbons (Fsp3) is 0.545. The van der Waals surface area contributed by atoms with Gasteiger partial charge in [-0.25, -0.2) is 4.98 Å². The number of piperazine rings is 1. The number of rotatable bonds is 1. The van der Waals surface area contributed by atoms with E-state index in [2.05, 4.69) is 28.8 Å². The number of hydrogen-bond donors (Lipinski definition) is 1. The summed E-state index contributed by atoms with van der Waals surface area (Å²) in [6, 6.07) is 0.363. The van der Waals surface area contributed by atoms with Crippen molar-refractivity contribution in [1.29, 1.82) is 0 Å². The molecule has 1 unspecified atom stereocenters. The monoisotopic (exact) mass is 235 g/mol. The molecule has 0 saturated carbocycles. The second kappa shape index (κ2) is 4.67. The Balaban J connectivity index is 2.10. The molecule has 1 aliphatic heterocycles. The second-order valence-corrected chi connectivity index (χ2v) is 4.41. The third kappa shape index (κ3) is 2.52. The molecule has 17 heavy (non-hydrogen) atoms. The molecule has 0 aromatic carbocycles. The van der Waals surface area contributed by atoms with E-state index >= 15 is 0 Å². The summed E-state index contributed by atoms with van der Waals surface area (Å²) in [6.45, 7) is 4.41. The Morgan fingerprint density at radius 1 is 1.47 bits per heavy atom. The quantitative estimate of drug-likeness (QED) is 0.731. The van der Waals surface area contributed by atoms with Gasteiger partial charge in [0.2, 0.25) is 0 Å². The first-order valence-electron chi connectivity index (χ1n) is 5.65. The van der Waals surface area contributed by atoms with Crippen LogP contribution in [0.4, 0.5) is 5.82 Å². The summed E-state index contributed by atoms with van der Waals surface area (Å²) < 4.78 is 0. The summed E-state index contributed by atoms with van der Waals surface area (Å²) in [4.78, 5) is 24.1. The molecule has 1 aromatic heterocycles. The minimum absolute atomic E-state index is 0.0928. The SMILES string of the molecule is CC1CN(C(=O)c2cncc(N)n2)CCN1C. The van der Waals surface area contributed by atoms with E-state index in [4.69, 9.17) is 5.73 Å². The van der Waals surface area contributed by atoms with E-state index in [9.17, 15) is 4.79 Å². The number of hydrogen-bond acceptors (Lipinski definition) is 5. The molecule has 1 aromatic rings. The molecule has 0 aliphatic carbocycles. The van der Waals surface area contributed by atoms with Crippen molar-refractivity contribution in [3.63, 3.8) is 0 Å². The maximum absolute atomic E-state index is 12.2. The average molecular weight is 235 g/mol. The van der Waals surface area contributed by atoms with Gasteiger partial charge in [0.1, 0.15) is 11.5 Å². The van der Waals surface area contributed by atoms with Crippen LogP contribution in [0.1, 0.15) is 17.4 Å². The number of amides is 1. The van der Waals surface area contributed by atoms with Crippen LogP contribution in [0, 0.1) is 0 Å². The largest absolute Gasteiger partial charge is 0.382 e. The highest BCUT2D eigenvalue weighted by Gasteiger charge is 2.25. The first kappa shape index (κ1) is 11.8. The van der Waals surface area contributed by atoms with Crippen molar-refractivity contribution in [2.75, 3.05) is 32.4 Å². The average Bonchev–Trinajstić information content (AvgIpc) is 2.32. The predicted molar refractivity (Wildman–Crippen MR) is 64.4 cm³/mol. The van der Waals surface area contributed by atoms with Crippen LogP contribution < -0.4 is 5.73 Å². The number of likely N-dealkylation sites (N-methyl/N-ethyl adjacent to an activating group) is 1. The molecule has 1 amide bonds. The molecule has 0 bridgehead atoms. The topological polar surface area (TPSA) is 75.3 Å². The van der Waals surface area contributed by atoms with Crippen LogP contribution in [0.2, 0.25) is 0 Å². The molecule has 2 heterocycles. The Morgan fingerprint density at radius 2 is 2.24 bits per heavy atom. The molecular formula is C11H17N5O. The highest BCUT2D eigenvalue weighted by molar-refractivity contribution is 5.92. The summed E-state index contributed by atoms with van der Waals surface area (Å²) >= 11 is 0. The lowest BCUT2D eigenvalue weighted by molar-refractivity contribution is 0.0566. The van der Waals surface area contributed by atoms with E-state index in [0.29, 0.717) is 18.3 Å². The predicted octanol–water partition coefficient (Wildman–Crippen LogP) is -0.165.